The summed E-state index contributed by atoms with van der Waals surface area (Å²) in [6.45, 7) is 9.28. The number of thioether (sulfide) groups is 1. The topological polar surface area (TPSA) is 119 Å². The van der Waals surface area contributed by atoms with Crippen molar-refractivity contribution in [3.05, 3.63) is 78.4 Å². The number of unbranched alkanes of at least 4 members (excludes halogenated alkanes) is 2. The van der Waals surface area contributed by atoms with E-state index in [0.29, 0.717) is 38.2 Å². The van der Waals surface area contributed by atoms with Crippen molar-refractivity contribution in [2.24, 2.45) is 22.9 Å². The summed E-state index contributed by atoms with van der Waals surface area (Å²) in [7, 11) is 1.73. The lowest BCUT2D eigenvalue weighted by Gasteiger charge is -2.59. The number of aliphatic hydroxyl groups excluding tert-OH is 2. The Morgan fingerprint density at radius 3 is 2.56 bits per heavy atom. The van der Waals surface area contributed by atoms with Gasteiger partial charge in [-0.05, 0) is 87.3 Å². The molecule has 1 saturated carbocycles. The molecule has 0 radical (unpaired) electrons. The fourth-order valence-corrected chi connectivity index (χ4v) is 8.90. The molecular formula is C41H56N2O8S. The van der Waals surface area contributed by atoms with Crippen LogP contribution in [-0.2, 0) is 14.3 Å². The molecule has 1 aliphatic heterocycles. The number of hydrogen-bond acceptors (Lipinski definition) is 10. The van der Waals surface area contributed by atoms with Crippen molar-refractivity contribution in [2.75, 3.05) is 52.4 Å². The standard InChI is InChI=1S/C41H56N2O8S/c1-5-23-49-41-37(43(4)40(46)47-6-2)28-35(42-50-7-3)33-26-29(15-11-13-21-44)32(18-12-14-22-45)38(39(33)41)34-27-30(19-20-36(34)51-41)48-24-25-52-31-16-9-8-10-17-31/h5,8-10,16-17,19-20,26-27,29,32,37-39,44-45H,1,6-7,11-15,18,21-25,28H2,2-4H3. The molecule has 1 fully saturated rings. The number of carbonyl (C=O) groups is 1. The highest BCUT2D eigenvalue weighted by atomic mass is 32.2. The monoisotopic (exact) mass is 736 g/mol. The molecule has 52 heavy (non-hydrogen) atoms. The van der Waals surface area contributed by atoms with Crippen LogP contribution in [0, 0.1) is 17.8 Å². The van der Waals surface area contributed by atoms with E-state index in [2.05, 4.69) is 36.0 Å². The molecule has 2 N–H and O–H groups in total. The zero-order chi connectivity index (χ0) is 36.9. The number of oxime groups is 1. The third-order valence-electron chi connectivity index (χ3n) is 10.3. The van der Waals surface area contributed by atoms with E-state index in [1.54, 1.807) is 36.7 Å². The lowest BCUT2D eigenvalue weighted by Crippen LogP contribution is -2.69. The van der Waals surface area contributed by atoms with Gasteiger partial charge in [0.15, 0.2) is 0 Å². The fraction of sp³-hybridized carbons (Fsp3) is 0.561. The number of fused-ring (bicyclic) bond motifs is 2. The predicted molar refractivity (Wildman–Crippen MR) is 204 cm³/mol. The largest absolute Gasteiger partial charge is 0.493 e. The van der Waals surface area contributed by atoms with E-state index in [1.807, 2.05) is 37.3 Å². The van der Waals surface area contributed by atoms with Crippen LogP contribution in [0.3, 0.4) is 0 Å². The Kier molecular flexibility index (Phi) is 14.9. The molecule has 3 aliphatic rings. The second-order valence-corrected chi connectivity index (χ2v) is 14.7. The molecule has 2 aromatic rings. The number of allylic oxidation sites excluding steroid dienone is 1. The van der Waals surface area contributed by atoms with Gasteiger partial charge < -0.3 is 38.9 Å². The van der Waals surface area contributed by atoms with Gasteiger partial charge in [-0.3, -0.25) is 0 Å². The highest BCUT2D eigenvalue weighted by molar-refractivity contribution is 7.99. The van der Waals surface area contributed by atoms with Crippen molar-refractivity contribution in [2.45, 2.75) is 81.4 Å². The number of benzene rings is 2. The molecular weight excluding hydrogens is 681 g/mol. The minimum absolute atomic E-state index is 0.112. The molecule has 5 rings (SSSR count). The summed E-state index contributed by atoms with van der Waals surface area (Å²) >= 11 is 1.75. The number of amides is 1. The number of hydrogen-bond donors (Lipinski definition) is 2. The summed E-state index contributed by atoms with van der Waals surface area (Å²) in [5.74, 6) is 0.753. The molecule has 2 aliphatic carbocycles. The van der Waals surface area contributed by atoms with Crippen LogP contribution in [0.25, 0.3) is 0 Å². The van der Waals surface area contributed by atoms with E-state index < -0.39 is 17.9 Å². The van der Waals surface area contributed by atoms with E-state index in [0.717, 1.165) is 54.0 Å². The molecule has 1 amide bonds. The summed E-state index contributed by atoms with van der Waals surface area (Å²) in [5, 5.41) is 24.2. The Labute approximate surface area is 313 Å². The van der Waals surface area contributed by atoms with Gasteiger partial charge in [0.1, 0.15) is 24.1 Å². The normalized spacial score (nSPS) is 25.3. The van der Waals surface area contributed by atoms with Crippen molar-refractivity contribution < 1.29 is 38.8 Å². The van der Waals surface area contributed by atoms with Gasteiger partial charge in [-0.15, -0.1) is 18.3 Å². The Hall–Kier alpha value is -3.51. The molecule has 11 heteroatoms. The minimum atomic E-state index is -1.30. The fourth-order valence-electron chi connectivity index (χ4n) is 8.15. The maximum absolute atomic E-state index is 13.5. The number of ether oxygens (including phenoxy) is 4. The second kappa shape index (κ2) is 19.5. The van der Waals surface area contributed by atoms with Crippen LogP contribution in [0.5, 0.6) is 11.5 Å². The Balaban J connectivity index is 1.64. The molecule has 0 spiro atoms. The first kappa shape index (κ1) is 39.7. The van der Waals surface area contributed by atoms with Crippen LogP contribution in [0.4, 0.5) is 4.79 Å². The van der Waals surface area contributed by atoms with Crippen LogP contribution in [0.15, 0.2) is 82.9 Å². The lowest BCUT2D eigenvalue weighted by atomic mass is 9.55. The first-order chi connectivity index (χ1) is 25.4. The van der Waals surface area contributed by atoms with Crippen LogP contribution < -0.4 is 9.47 Å². The molecule has 6 atom stereocenters. The second-order valence-electron chi connectivity index (χ2n) is 13.5. The summed E-state index contributed by atoms with van der Waals surface area (Å²) in [4.78, 5) is 22.0. The van der Waals surface area contributed by atoms with Gasteiger partial charge in [0.2, 0.25) is 5.79 Å². The van der Waals surface area contributed by atoms with Gasteiger partial charge in [0.05, 0.1) is 31.5 Å². The van der Waals surface area contributed by atoms with Crippen LogP contribution >= 0.6 is 11.8 Å². The predicted octanol–water partition coefficient (Wildman–Crippen LogP) is 7.60. The zero-order valence-corrected chi connectivity index (χ0v) is 31.7. The van der Waals surface area contributed by atoms with Crippen molar-refractivity contribution in [1.29, 1.82) is 0 Å². The molecule has 10 nitrogen and oxygen atoms in total. The van der Waals surface area contributed by atoms with E-state index in [-0.39, 0.29) is 50.1 Å². The number of aliphatic hydroxyl groups is 2. The summed E-state index contributed by atoms with van der Waals surface area (Å²) in [6.07, 6.45) is 8.78. The quantitative estimate of drug-likeness (QED) is 0.0613. The van der Waals surface area contributed by atoms with Crippen molar-refractivity contribution in [3.63, 3.8) is 0 Å². The van der Waals surface area contributed by atoms with E-state index in [4.69, 9.17) is 23.8 Å². The highest BCUT2D eigenvalue weighted by Gasteiger charge is 2.65. The van der Waals surface area contributed by atoms with E-state index >= 15 is 0 Å². The van der Waals surface area contributed by atoms with Crippen molar-refractivity contribution in [3.8, 4) is 11.5 Å². The molecule has 0 bridgehead atoms. The average Bonchev–Trinajstić information content (AvgIpc) is 3.16. The van der Waals surface area contributed by atoms with Crippen molar-refractivity contribution in [1.82, 2.24) is 4.90 Å². The van der Waals surface area contributed by atoms with Gasteiger partial charge >= 0.3 is 6.09 Å². The average molecular weight is 737 g/mol. The molecule has 2 aromatic carbocycles. The maximum Gasteiger partial charge on any atom is 0.409 e. The number of rotatable bonds is 20. The number of carbonyl (C=O) groups excluding carboxylic acids is 1. The van der Waals surface area contributed by atoms with Crippen molar-refractivity contribution >= 4 is 23.6 Å². The van der Waals surface area contributed by atoms with Crippen LogP contribution in [0.2, 0.25) is 0 Å². The molecule has 284 valence electrons. The first-order valence-electron chi connectivity index (χ1n) is 18.8. The summed E-state index contributed by atoms with van der Waals surface area (Å²) < 4.78 is 25.9. The first-order valence-corrected chi connectivity index (χ1v) is 19.8. The minimum Gasteiger partial charge on any atom is -0.493 e. The summed E-state index contributed by atoms with van der Waals surface area (Å²) in [5.41, 5.74) is 2.78. The van der Waals surface area contributed by atoms with Crippen LogP contribution in [-0.4, -0.2) is 91.2 Å². The van der Waals surface area contributed by atoms with Gasteiger partial charge in [0, 0.05) is 48.8 Å². The smallest absolute Gasteiger partial charge is 0.409 e. The maximum atomic E-state index is 13.5. The highest BCUT2D eigenvalue weighted by Crippen LogP contribution is 2.61. The van der Waals surface area contributed by atoms with Gasteiger partial charge in [0.25, 0.3) is 0 Å². The Morgan fingerprint density at radius 2 is 1.85 bits per heavy atom. The summed E-state index contributed by atoms with van der Waals surface area (Å²) in [6, 6.07) is 15.7. The third kappa shape index (κ3) is 8.98. The van der Waals surface area contributed by atoms with E-state index in [9.17, 15) is 15.0 Å². The Morgan fingerprint density at radius 1 is 1.08 bits per heavy atom. The van der Waals surface area contributed by atoms with Crippen LogP contribution in [0.1, 0.15) is 70.3 Å². The van der Waals surface area contributed by atoms with Gasteiger partial charge in [-0.25, -0.2) is 4.79 Å². The SMILES string of the molecule is C=CCOC12Oc3ccc(OCCSc4ccccc4)cc3C3C(CCCCO)C(CCCCO)C=C(C(=NOCC)CC1N(C)C(=O)OCC)C32. The molecule has 0 saturated heterocycles. The van der Waals surface area contributed by atoms with Gasteiger partial charge in [-0.2, -0.15) is 0 Å². The number of likely N-dealkylation sites (N-methyl/N-ethyl adjacent to an activating group) is 1. The molecule has 1 heterocycles. The Bertz CT molecular complexity index is 1520. The van der Waals surface area contributed by atoms with Gasteiger partial charge in [-0.1, -0.05) is 48.3 Å². The lowest BCUT2D eigenvalue weighted by molar-refractivity contribution is -0.253. The molecule has 6 unspecified atom stereocenters. The zero-order valence-electron chi connectivity index (χ0n) is 30.9. The molecule has 0 aromatic heterocycles. The van der Waals surface area contributed by atoms with E-state index in [1.165, 1.54) is 4.90 Å². The number of nitrogens with zero attached hydrogens (tertiary/aromatic N) is 2. The third-order valence-corrected chi connectivity index (χ3v) is 11.3.